The predicted octanol–water partition coefficient (Wildman–Crippen LogP) is 2.51. The van der Waals surface area contributed by atoms with Gasteiger partial charge in [-0.05, 0) is 50.5 Å². The van der Waals surface area contributed by atoms with Crippen molar-refractivity contribution in [2.24, 2.45) is 0 Å². The van der Waals surface area contributed by atoms with E-state index >= 15 is 0 Å². The number of ether oxygens (including phenoxy) is 1. The number of aromatic nitrogens is 2. The lowest BCUT2D eigenvalue weighted by Crippen LogP contribution is -2.46. The van der Waals surface area contributed by atoms with Crippen molar-refractivity contribution in [2.75, 3.05) is 20.2 Å². The Balaban J connectivity index is 1.59. The van der Waals surface area contributed by atoms with Crippen molar-refractivity contribution in [3.8, 4) is 0 Å². The lowest BCUT2D eigenvalue weighted by Gasteiger charge is -2.31. The first-order chi connectivity index (χ1) is 13.0. The molecule has 1 saturated heterocycles. The summed E-state index contributed by atoms with van der Waals surface area (Å²) in [6.07, 6.45) is 1.15. The zero-order valence-electron chi connectivity index (χ0n) is 16.1. The summed E-state index contributed by atoms with van der Waals surface area (Å²) >= 11 is 0. The van der Waals surface area contributed by atoms with E-state index in [9.17, 15) is 9.59 Å². The summed E-state index contributed by atoms with van der Waals surface area (Å²) in [6, 6.07) is 9.74. The number of likely N-dealkylation sites (tertiary alicyclic amines) is 1. The average molecular weight is 370 g/mol. The van der Waals surface area contributed by atoms with Crippen molar-refractivity contribution in [3.05, 3.63) is 52.8 Å². The molecule has 1 aromatic heterocycles. The van der Waals surface area contributed by atoms with Crippen molar-refractivity contribution in [1.29, 1.82) is 0 Å². The molecule has 1 aliphatic rings. The minimum Gasteiger partial charge on any atom is -0.453 e. The summed E-state index contributed by atoms with van der Waals surface area (Å²) in [5.41, 5.74) is 3.76. The van der Waals surface area contributed by atoms with Crippen molar-refractivity contribution in [1.82, 2.24) is 20.0 Å². The lowest BCUT2D eigenvalue weighted by molar-refractivity contribution is 0.0892. The number of benzene rings is 1. The van der Waals surface area contributed by atoms with Gasteiger partial charge in [-0.3, -0.25) is 9.48 Å². The number of carbonyl (C=O) groups excluding carboxylic acids is 2. The number of nitrogens with one attached hydrogen (secondary N) is 1. The number of carbonyl (C=O) groups is 2. The molecule has 2 amide bonds. The fraction of sp³-hybridized carbons (Fsp3) is 0.450. The molecule has 0 radical (unpaired) electrons. The van der Waals surface area contributed by atoms with Crippen LogP contribution in [0.4, 0.5) is 4.79 Å². The van der Waals surface area contributed by atoms with E-state index in [4.69, 9.17) is 4.74 Å². The quantitative estimate of drug-likeness (QED) is 0.897. The van der Waals surface area contributed by atoms with Crippen LogP contribution in [0.5, 0.6) is 0 Å². The molecule has 0 spiro atoms. The maximum absolute atomic E-state index is 12.6. The first-order valence-electron chi connectivity index (χ1n) is 9.20. The van der Waals surface area contributed by atoms with E-state index in [-0.39, 0.29) is 18.0 Å². The number of amides is 2. The number of nitrogens with zero attached hydrogens (tertiary/aromatic N) is 3. The second kappa shape index (κ2) is 8.24. The van der Waals surface area contributed by atoms with Crippen LogP contribution in [-0.4, -0.2) is 52.9 Å². The molecule has 0 bridgehead atoms. The SMILES string of the molecule is COC(=O)N1CCC(NC(=O)c2cccc(Cn3nc(C)cc3C)c2)CC1. The minimum absolute atomic E-state index is 0.0677. The topological polar surface area (TPSA) is 76.5 Å². The van der Waals surface area contributed by atoms with Crippen LogP contribution in [0.15, 0.2) is 30.3 Å². The van der Waals surface area contributed by atoms with Gasteiger partial charge in [-0.15, -0.1) is 0 Å². The molecular formula is C20H26N4O3. The Labute approximate surface area is 159 Å². The number of piperidine rings is 1. The molecule has 2 aromatic rings. The minimum atomic E-state index is -0.309. The van der Waals surface area contributed by atoms with Gasteiger partial charge in [0.25, 0.3) is 5.91 Å². The zero-order valence-corrected chi connectivity index (χ0v) is 16.1. The zero-order chi connectivity index (χ0) is 19.4. The van der Waals surface area contributed by atoms with Crippen LogP contribution in [0.1, 0.15) is 40.2 Å². The van der Waals surface area contributed by atoms with Gasteiger partial charge in [-0.2, -0.15) is 5.10 Å². The van der Waals surface area contributed by atoms with Crippen LogP contribution in [0.2, 0.25) is 0 Å². The highest BCUT2D eigenvalue weighted by Gasteiger charge is 2.24. The predicted molar refractivity (Wildman–Crippen MR) is 102 cm³/mol. The third-order valence-electron chi connectivity index (χ3n) is 4.89. The standard InChI is InChI=1S/C20H26N4O3/c1-14-11-15(2)24(22-14)13-16-5-4-6-17(12-16)19(25)21-18-7-9-23(10-8-18)20(26)27-3/h4-6,11-12,18H,7-10,13H2,1-3H3,(H,21,25). The smallest absolute Gasteiger partial charge is 0.409 e. The number of rotatable bonds is 4. The van der Waals surface area contributed by atoms with E-state index in [2.05, 4.69) is 10.4 Å². The lowest BCUT2D eigenvalue weighted by atomic mass is 10.0. The Morgan fingerprint density at radius 3 is 2.59 bits per heavy atom. The molecule has 0 unspecified atom stereocenters. The molecule has 7 heteroatoms. The Kier molecular flexibility index (Phi) is 5.78. The first-order valence-corrected chi connectivity index (χ1v) is 9.20. The third-order valence-corrected chi connectivity index (χ3v) is 4.89. The normalized spacial score (nSPS) is 14.9. The second-order valence-corrected chi connectivity index (χ2v) is 6.99. The second-order valence-electron chi connectivity index (χ2n) is 6.99. The summed E-state index contributed by atoms with van der Waals surface area (Å²) in [4.78, 5) is 25.8. The van der Waals surface area contributed by atoms with E-state index in [0.717, 1.165) is 29.8 Å². The molecule has 27 heavy (non-hydrogen) atoms. The highest BCUT2D eigenvalue weighted by molar-refractivity contribution is 5.94. The monoisotopic (exact) mass is 370 g/mol. The van der Waals surface area contributed by atoms with E-state index < -0.39 is 0 Å². The van der Waals surface area contributed by atoms with Crippen molar-refractivity contribution in [2.45, 2.75) is 39.3 Å². The van der Waals surface area contributed by atoms with Crippen LogP contribution in [-0.2, 0) is 11.3 Å². The van der Waals surface area contributed by atoms with Gasteiger partial charge in [0.15, 0.2) is 0 Å². The molecular weight excluding hydrogens is 344 g/mol. The van der Waals surface area contributed by atoms with Gasteiger partial charge in [-0.1, -0.05) is 12.1 Å². The number of hydrogen-bond acceptors (Lipinski definition) is 4. The third kappa shape index (κ3) is 4.67. The molecule has 0 aliphatic carbocycles. The molecule has 0 saturated carbocycles. The molecule has 7 nitrogen and oxygen atoms in total. The fourth-order valence-electron chi connectivity index (χ4n) is 3.42. The van der Waals surface area contributed by atoms with Gasteiger partial charge in [0.05, 0.1) is 19.3 Å². The van der Waals surface area contributed by atoms with Gasteiger partial charge in [0.2, 0.25) is 0 Å². The van der Waals surface area contributed by atoms with E-state index in [1.54, 1.807) is 4.90 Å². The molecule has 2 heterocycles. The molecule has 144 valence electrons. The Bertz CT molecular complexity index is 822. The van der Waals surface area contributed by atoms with Crippen molar-refractivity contribution >= 4 is 12.0 Å². The van der Waals surface area contributed by atoms with E-state index in [0.29, 0.717) is 25.2 Å². The molecule has 1 fully saturated rings. The first kappa shape index (κ1) is 18.9. The van der Waals surface area contributed by atoms with Crippen LogP contribution in [0, 0.1) is 13.8 Å². The number of hydrogen-bond donors (Lipinski definition) is 1. The van der Waals surface area contributed by atoms with Crippen molar-refractivity contribution < 1.29 is 14.3 Å². The average Bonchev–Trinajstić information content (AvgIpc) is 2.98. The van der Waals surface area contributed by atoms with Gasteiger partial charge in [-0.25, -0.2) is 4.79 Å². The highest BCUT2D eigenvalue weighted by Crippen LogP contribution is 2.14. The maximum atomic E-state index is 12.6. The summed E-state index contributed by atoms with van der Waals surface area (Å²) in [7, 11) is 1.38. The van der Waals surface area contributed by atoms with Gasteiger partial charge in [0.1, 0.15) is 0 Å². The van der Waals surface area contributed by atoms with Crippen molar-refractivity contribution in [3.63, 3.8) is 0 Å². The molecule has 1 N–H and O–H groups in total. The Hall–Kier alpha value is -2.83. The number of methoxy groups -OCH3 is 1. The Morgan fingerprint density at radius 2 is 1.96 bits per heavy atom. The Morgan fingerprint density at radius 1 is 1.22 bits per heavy atom. The summed E-state index contributed by atoms with van der Waals surface area (Å²) in [6.45, 7) is 5.82. The molecule has 3 rings (SSSR count). The van der Waals surface area contributed by atoms with E-state index in [1.165, 1.54) is 7.11 Å². The van der Waals surface area contributed by atoms with Crippen LogP contribution >= 0.6 is 0 Å². The van der Waals surface area contributed by atoms with Gasteiger partial charge in [0, 0.05) is 30.4 Å². The summed E-state index contributed by atoms with van der Waals surface area (Å²) < 4.78 is 6.68. The largest absolute Gasteiger partial charge is 0.453 e. The van der Waals surface area contributed by atoms with Crippen LogP contribution in [0.25, 0.3) is 0 Å². The summed E-state index contributed by atoms with van der Waals surface area (Å²) in [5, 5.41) is 7.55. The summed E-state index contributed by atoms with van der Waals surface area (Å²) in [5.74, 6) is -0.0817. The molecule has 1 aliphatic heterocycles. The van der Waals surface area contributed by atoms with Crippen LogP contribution < -0.4 is 5.32 Å². The highest BCUT2D eigenvalue weighted by atomic mass is 16.5. The maximum Gasteiger partial charge on any atom is 0.409 e. The molecule has 1 aromatic carbocycles. The van der Waals surface area contributed by atoms with Gasteiger partial charge >= 0.3 is 6.09 Å². The van der Waals surface area contributed by atoms with E-state index in [1.807, 2.05) is 48.9 Å². The van der Waals surface area contributed by atoms with Crippen LogP contribution in [0.3, 0.4) is 0 Å². The number of aryl methyl sites for hydroxylation is 2. The van der Waals surface area contributed by atoms with Gasteiger partial charge < -0.3 is 15.0 Å². The molecule has 0 atom stereocenters. The fourth-order valence-corrected chi connectivity index (χ4v) is 3.42.